The van der Waals surface area contributed by atoms with E-state index in [0.717, 1.165) is 6.42 Å². The molecule has 0 fully saturated rings. The monoisotopic (exact) mass is 180 g/mol. The number of pyridine rings is 1. The Bertz CT molecular complexity index is 250. The lowest BCUT2D eigenvalue weighted by Gasteiger charge is -2.09. The van der Waals surface area contributed by atoms with Gasteiger partial charge in [0.2, 0.25) is 0 Å². The second-order valence-corrected chi connectivity index (χ2v) is 2.53. The van der Waals surface area contributed by atoms with Crippen molar-refractivity contribution >= 4 is 0 Å². The summed E-state index contributed by atoms with van der Waals surface area (Å²) in [5.41, 5.74) is 0. The van der Waals surface area contributed by atoms with Crippen molar-refractivity contribution in [3.63, 3.8) is 0 Å². The van der Waals surface area contributed by atoms with Crippen molar-refractivity contribution < 1.29 is 9.47 Å². The highest BCUT2D eigenvalue weighted by Gasteiger charge is 2.03. The van der Waals surface area contributed by atoms with Gasteiger partial charge in [-0.25, -0.2) is 0 Å². The Morgan fingerprint density at radius 3 is 2.92 bits per heavy atom. The quantitative estimate of drug-likeness (QED) is 0.695. The number of ether oxygens (including phenoxy) is 2. The van der Waals surface area contributed by atoms with Gasteiger partial charge in [-0.05, 0) is 13.3 Å². The number of nitrogens with zero attached hydrogens (tertiary/aromatic N) is 1. The highest BCUT2D eigenvalue weighted by atomic mass is 16.5. The van der Waals surface area contributed by atoms with Crippen LogP contribution in [0.2, 0.25) is 0 Å². The molecule has 0 aliphatic carbocycles. The Labute approximate surface area is 78.7 Å². The molecular weight excluding hydrogens is 166 g/mol. The van der Waals surface area contributed by atoms with Gasteiger partial charge in [-0.2, -0.15) is 0 Å². The first-order valence-electron chi connectivity index (χ1n) is 4.50. The number of hydrogen-bond donors (Lipinski definition) is 0. The SMILES string of the molecule is CCCOc1[c]nccc1OCC. The van der Waals surface area contributed by atoms with Crippen LogP contribution in [0.15, 0.2) is 12.3 Å². The summed E-state index contributed by atoms with van der Waals surface area (Å²) in [5.74, 6) is 1.32. The maximum absolute atomic E-state index is 5.40. The van der Waals surface area contributed by atoms with Crippen molar-refractivity contribution in [2.75, 3.05) is 13.2 Å². The van der Waals surface area contributed by atoms with Gasteiger partial charge < -0.3 is 9.47 Å². The Morgan fingerprint density at radius 1 is 1.38 bits per heavy atom. The molecule has 0 bridgehead atoms. The van der Waals surface area contributed by atoms with Crippen LogP contribution in [0.5, 0.6) is 11.5 Å². The lowest BCUT2D eigenvalue weighted by molar-refractivity contribution is 0.275. The normalized spacial score (nSPS) is 9.69. The largest absolute Gasteiger partial charge is 0.490 e. The molecule has 1 aromatic rings. The van der Waals surface area contributed by atoms with Gasteiger partial charge in [0.05, 0.1) is 13.2 Å². The minimum absolute atomic E-state index is 0.603. The van der Waals surface area contributed by atoms with Gasteiger partial charge >= 0.3 is 0 Å². The zero-order chi connectivity index (χ0) is 9.52. The second-order valence-electron chi connectivity index (χ2n) is 2.53. The Balaban J connectivity index is 2.66. The van der Waals surface area contributed by atoms with Crippen LogP contribution in [0.1, 0.15) is 20.3 Å². The maximum atomic E-state index is 5.40. The average Bonchev–Trinajstić information content (AvgIpc) is 2.17. The van der Waals surface area contributed by atoms with Crippen molar-refractivity contribution in [2.45, 2.75) is 20.3 Å². The van der Waals surface area contributed by atoms with E-state index in [9.17, 15) is 0 Å². The number of aromatic nitrogens is 1. The summed E-state index contributed by atoms with van der Waals surface area (Å²) in [5, 5.41) is 0. The molecule has 0 atom stereocenters. The van der Waals surface area contributed by atoms with E-state index < -0.39 is 0 Å². The summed E-state index contributed by atoms with van der Waals surface area (Å²) in [7, 11) is 0. The molecule has 71 valence electrons. The molecule has 1 radical (unpaired) electrons. The van der Waals surface area contributed by atoms with Crippen molar-refractivity contribution in [1.29, 1.82) is 0 Å². The van der Waals surface area contributed by atoms with Crippen LogP contribution in [0.25, 0.3) is 0 Å². The predicted molar refractivity (Wildman–Crippen MR) is 50.0 cm³/mol. The molecule has 3 nitrogen and oxygen atoms in total. The molecular formula is C10H14NO2. The zero-order valence-corrected chi connectivity index (χ0v) is 8.04. The van der Waals surface area contributed by atoms with E-state index in [1.54, 1.807) is 12.3 Å². The smallest absolute Gasteiger partial charge is 0.189 e. The van der Waals surface area contributed by atoms with Gasteiger partial charge in [0.15, 0.2) is 11.5 Å². The summed E-state index contributed by atoms with van der Waals surface area (Å²) in [4.78, 5) is 3.85. The standard InChI is InChI=1S/C10H14NO2/c1-3-7-13-10-8-11-6-5-9(10)12-4-2/h5-6H,3-4,7H2,1-2H3. The fourth-order valence-electron chi connectivity index (χ4n) is 0.908. The molecule has 13 heavy (non-hydrogen) atoms. The first-order chi connectivity index (χ1) is 6.38. The molecule has 0 N–H and O–H groups in total. The van der Waals surface area contributed by atoms with E-state index in [2.05, 4.69) is 18.1 Å². The van der Waals surface area contributed by atoms with E-state index in [1.165, 1.54) is 0 Å². The van der Waals surface area contributed by atoms with Crippen LogP contribution in [-0.2, 0) is 0 Å². The molecule has 1 heterocycles. The molecule has 0 spiro atoms. The predicted octanol–water partition coefficient (Wildman–Crippen LogP) is 2.07. The van der Waals surface area contributed by atoms with E-state index >= 15 is 0 Å². The molecule has 1 rings (SSSR count). The number of rotatable bonds is 5. The minimum Gasteiger partial charge on any atom is -0.490 e. The van der Waals surface area contributed by atoms with Gasteiger partial charge in [0.25, 0.3) is 0 Å². The minimum atomic E-state index is 0.603. The van der Waals surface area contributed by atoms with Gasteiger partial charge in [0, 0.05) is 12.3 Å². The Kier molecular flexibility index (Phi) is 4.09. The third kappa shape index (κ3) is 2.93. The molecule has 0 aromatic carbocycles. The first-order valence-corrected chi connectivity index (χ1v) is 4.50. The third-order valence-electron chi connectivity index (χ3n) is 1.44. The molecule has 0 aliphatic rings. The molecule has 0 saturated carbocycles. The summed E-state index contributed by atoms with van der Waals surface area (Å²) < 4.78 is 10.7. The van der Waals surface area contributed by atoms with Crippen LogP contribution in [0.4, 0.5) is 0 Å². The van der Waals surface area contributed by atoms with Crippen LogP contribution in [-0.4, -0.2) is 18.2 Å². The van der Waals surface area contributed by atoms with Crippen LogP contribution < -0.4 is 9.47 Å². The molecule has 0 aliphatic heterocycles. The van der Waals surface area contributed by atoms with Crippen LogP contribution >= 0.6 is 0 Å². The summed E-state index contributed by atoms with van der Waals surface area (Å²) in [6, 6.07) is 1.78. The maximum Gasteiger partial charge on any atom is 0.189 e. The van der Waals surface area contributed by atoms with Crippen molar-refractivity contribution in [3.8, 4) is 11.5 Å². The zero-order valence-electron chi connectivity index (χ0n) is 8.04. The lowest BCUT2D eigenvalue weighted by atomic mass is 10.4. The molecule has 0 unspecified atom stereocenters. The van der Waals surface area contributed by atoms with Crippen molar-refractivity contribution in [1.82, 2.24) is 4.98 Å². The molecule has 0 saturated heterocycles. The Morgan fingerprint density at radius 2 is 2.23 bits per heavy atom. The Hall–Kier alpha value is -1.25. The van der Waals surface area contributed by atoms with E-state index in [-0.39, 0.29) is 0 Å². The molecule has 3 heteroatoms. The highest BCUT2D eigenvalue weighted by Crippen LogP contribution is 2.24. The van der Waals surface area contributed by atoms with E-state index in [0.29, 0.717) is 24.7 Å². The van der Waals surface area contributed by atoms with E-state index in [4.69, 9.17) is 9.47 Å². The number of hydrogen-bond acceptors (Lipinski definition) is 3. The third-order valence-corrected chi connectivity index (χ3v) is 1.44. The van der Waals surface area contributed by atoms with Gasteiger partial charge in [0.1, 0.15) is 6.20 Å². The fourth-order valence-corrected chi connectivity index (χ4v) is 0.908. The van der Waals surface area contributed by atoms with E-state index in [1.807, 2.05) is 6.92 Å². The average molecular weight is 180 g/mol. The molecule has 0 amide bonds. The fraction of sp³-hybridized carbons (Fsp3) is 0.500. The topological polar surface area (TPSA) is 31.4 Å². The lowest BCUT2D eigenvalue weighted by Crippen LogP contribution is -2.00. The summed E-state index contributed by atoms with van der Waals surface area (Å²) in [6.07, 6.45) is 5.37. The van der Waals surface area contributed by atoms with Gasteiger partial charge in [-0.3, -0.25) is 4.98 Å². The highest BCUT2D eigenvalue weighted by molar-refractivity contribution is 5.35. The van der Waals surface area contributed by atoms with Crippen LogP contribution in [0.3, 0.4) is 0 Å². The first kappa shape index (κ1) is 9.84. The van der Waals surface area contributed by atoms with Gasteiger partial charge in [-0.1, -0.05) is 6.92 Å². The van der Waals surface area contributed by atoms with Crippen molar-refractivity contribution in [2.24, 2.45) is 0 Å². The summed E-state index contributed by atoms with van der Waals surface area (Å²) in [6.45, 7) is 5.28. The van der Waals surface area contributed by atoms with Crippen LogP contribution in [0, 0.1) is 6.20 Å². The second kappa shape index (κ2) is 5.41. The van der Waals surface area contributed by atoms with Gasteiger partial charge in [-0.15, -0.1) is 0 Å². The molecule has 1 aromatic heterocycles. The van der Waals surface area contributed by atoms with Crippen molar-refractivity contribution in [3.05, 3.63) is 18.5 Å². The summed E-state index contributed by atoms with van der Waals surface area (Å²) >= 11 is 0.